The maximum absolute atomic E-state index is 12.3. The summed E-state index contributed by atoms with van der Waals surface area (Å²) in [6, 6.07) is 0.177. The Labute approximate surface area is 133 Å². The van der Waals surface area contributed by atoms with Gasteiger partial charge in [-0.05, 0) is 64.0 Å². The van der Waals surface area contributed by atoms with Crippen molar-refractivity contribution in [3.8, 4) is 0 Å². The molecule has 0 spiro atoms. The van der Waals surface area contributed by atoms with E-state index in [1.54, 1.807) is 0 Å². The van der Waals surface area contributed by atoms with Crippen LogP contribution in [0.4, 0.5) is 0 Å². The molecular weight excluding hydrogens is 280 g/mol. The van der Waals surface area contributed by atoms with Crippen LogP contribution in [-0.4, -0.2) is 60.4 Å². The lowest BCUT2D eigenvalue weighted by Gasteiger charge is -2.40. The van der Waals surface area contributed by atoms with E-state index in [0.29, 0.717) is 12.3 Å². The lowest BCUT2D eigenvalue weighted by molar-refractivity contribution is -0.125. The highest BCUT2D eigenvalue weighted by Gasteiger charge is 2.37. The number of nitrogens with one attached hydrogen (secondary N) is 1. The number of hydrogen-bond acceptors (Lipinski definition) is 4. The molecule has 3 aliphatic rings. The fraction of sp³-hybridized carbons (Fsp3) is 0.941. The molecule has 0 radical (unpaired) electrons. The zero-order valence-corrected chi connectivity index (χ0v) is 13.5. The van der Waals surface area contributed by atoms with Crippen molar-refractivity contribution in [1.29, 1.82) is 0 Å². The van der Waals surface area contributed by atoms with Crippen LogP contribution >= 0.6 is 0 Å². The number of ether oxygens (including phenoxy) is 1. The summed E-state index contributed by atoms with van der Waals surface area (Å²) in [7, 11) is 0. The molecule has 3 fully saturated rings. The first-order chi connectivity index (χ1) is 10.7. The van der Waals surface area contributed by atoms with Crippen LogP contribution in [0.3, 0.4) is 0 Å². The second kappa shape index (κ2) is 7.75. The number of amides is 1. The van der Waals surface area contributed by atoms with Crippen molar-refractivity contribution in [3.63, 3.8) is 0 Å². The van der Waals surface area contributed by atoms with E-state index in [9.17, 15) is 9.90 Å². The fourth-order valence-electron chi connectivity index (χ4n) is 4.26. The summed E-state index contributed by atoms with van der Waals surface area (Å²) in [5.74, 6) is 0.557. The standard InChI is InChI=1S/C17H30N2O3/c20-16(12-13-6-10-22-11-7-13)18-14-4-3-5-15(17(14)21)19-8-1-2-9-19/h13-15,17,21H,1-12H2,(H,18,20)/t14-,15-,17-/m1/s1. The minimum absolute atomic E-state index is 0.0632. The third-order valence-electron chi connectivity index (χ3n) is 5.59. The zero-order chi connectivity index (χ0) is 15.4. The van der Waals surface area contributed by atoms with Gasteiger partial charge in [-0.25, -0.2) is 0 Å². The van der Waals surface area contributed by atoms with Crippen molar-refractivity contribution in [3.05, 3.63) is 0 Å². The number of rotatable bonds is 4. The fourth-order valence-corrected chi connectivity index (χ4v) is 4.26. The van der Waals surface area contributed by atoms with E-state index in [-0.39, 0.29) is 18.0 Å². The molecule has 1 amide bonds. The highest BCUT2D eigenvalue weighted by Crippen LogP contribution is 2.27. The van der Waals surface area contributed by atoms with Crippen LogP contribution < -0.4 is 5.32 Å². The van der Waals surface area contributed by atoms with Crippen molar-refractivity contribution < 1.29 is 14.6 Å². The van der Waals surface area contributed by atoms with Crippen LogP contribution in [0, 0.1) is 5.92 Å². The van der Waals surface area contributed by atoms with Gasteiger partial charge in [-0.15, -0.1) is 0 Å². The van der Waals surface area contributed by atoms with Gasteiger partial charge in [-0.3, -0.25) is 9.69 Å². The first-order valence-electron chi connectivity index (χ1n) is 9.03. The normalized spacial score (nSPS) is 34.7. The van der Waals surface area contributed by atoms with Gasteiger partial charge in [-0.2, -0.15) is 0 Å². The molecule has 0 aromatic carbocycles. The monoisotopic (exact) mass is 310 g/mol. The van der Waals surface area contributed by atoms with E-state index in [0.717, 1.165) is 58.4 Å². The van der Waals surface area contributed by atoms with Crippen molar-refractivity contribution in [2.45, 2.75) is 69.6 Å². The smallest absolute Gasteiger partial charge is 0.220 e. The number of carbonyl (C=O) groups excluding carboxylic acids is 1. The van der Waals surface area contributed by atoms with Gasteiger partial charge in [0, 0.05) is 25.7 Å². The third-order valence-corrected chi connectivity index (χ3v) is 5.59. The number of hydrogen-bond donors (Lipinski definition) is 2. The second-order valence-electron chi connectivity index (χ2n) is 7.17. The molecule has 2 saturated heterocycles. The predicted octanol–water partition coefficient (Wildman–Crippen LogP) is 1.30. The minimum atomic E-state index is -0.412. The lowest BCUT2D eigenvalue weighted by Crippen LogP contribution is -2.56. The Balaban J connectivity index is 1.48. The quantitative estimate of drug-likeness (QED) is 0.821. The van der Waals surface area contributed by atoms with Crippen molar-refractivity contribution in [1.82, 2.24) is 10.2 Å². The molecule has 3 atom stereocenters. The molecule has 22 heavy (non-hydrogen) atoms. The van der Waals surface area contributed by atoms with Crippen LogP contribution in [0.5, 0.6) is 0 Å². The summed E-state index contributed by atoms with van der Waals surface area (Å²) >= 11 is 0. The Morgan fingerprint density at radius 1 is 1.09 bits per heavy atom. The molecule has 1 saturated carbocycles. The van der Waals surface area contributed by atoms with Crippen molar-refractivity contribution in [2.24, 2.45) is 5.92 Å². The van der Waals surface area contributed by atoms with Gasteiger partial charge in [0.2, 0.25) is 5.91 Å². The topological polar surface area (TPSA) is 61.8 Å². The molecule has 0 unspecified atom stereocenters. The molecule has 2 heterocycles. The summed E-state index contributed by atoms with van der Waals surface area (Å²) < 4.78 is 5.34. The predicted molar refractivity (Wildman–Crippen MR) is 84.5 cm³/mol. The van der Waals surface area contributed by atoms with Gasteiger partial charge in [0.25, 0.3) is 0 Å². The largest absolute Gasteiger partial charge is 0.389 e. The van der Waals surface area contributed by atoms with Gasteiger partial charge in [-0.1, -0.05) is 0 Å². The molecular formula is C17H30N2O3. The highest BCUT2D eigenvalue weighted by atomic mass is 16.5. The van der Waals surface area contributed by atoms with Gasteiger partial charge in [0.1, 0.15) is 0 Å². The SMILES string of the molecule is O=C(CC1CCOCC1)N[C@@H]1CCC[C@@H](N2CCCC2)[C@@H]1O. The van der Waals surface area contributed by atoms with Crippen LogP contribution in [0.2, 0.25) is 0 Å². The number of carbonyl (C=O) groups is 1. The first-order valence-corrected chi connectivity index (χ1v) is 9.03. The first kappa shape index (κ1) is 16.2. The third kappa shape index (κ3) is 4.00. The van der Waals surface area contributed by atoms with Crippen molar-refractivity contribution in [2.75, 3.05) is 26.3 Å². The van der Waals surface area contributed by atoms with E-state index < -0.39 is 6.10 Å². The Bertz CT molecular complexity index is 365. The Morgan fingerprint density at radius 3 is 2.55 bits per heavy atom. The maximum Gasteiger partial charge on any atom is 0.220 e. The van der Waals surface area contributed by atoms with Gasteiger partial charge in [0.15, 0.2) is 0 Å². The second-order valence-corrected chi connectivity index (χ2v) is 7.17. The summed E-state index contributed by atoms with van der Waals surface area (Å²) in [5, 5.41) is 13.8. The molecule has 2 aliphatic heterocycles. The van der Waals surface area contributed by atoms with Gasteiger partial charge >= 0.3 is 0 Å². The van der Waals surface area contributed by atoms with Crippen LogP contribution in [0.1, 0.15) is 51.4 Å². The molecule has 5 nitrogen and oxygen atoms in total. The van der Waals surface area contributed by atoms with E-state index in [1.165, 1.54) is 12.8 Å². The van der Waals surface area contributed by atoms with Crippen LogP contribution in [-0.2, 0) is 9.53 Å². The van der Waals surface area contributed by atoms with Crippen molar-refractivity contribution >= 4 is 5.91 Å². The molecule has 126 valence electrons. The van der Waals surface area contributed by atoms with Crippen LogP contribution in [0.15, 0.2) is 0 Å². The maximum atomic E-state index is 12.3. The van der Waals surface area contributed by atoms with E-state index in [2.05, 4.69) is 10.2 Å². The van der Waals surface area contributed by atoms with E-state index >= 15 is 0 Å². The number of nitrogens with zero attached hydrogens (tertiary/aromatic N) is 1. The Kier molecular flexibility index (Phi) is 5.71. The average Bonchev–Trinajstić information content (AvgIpc) is 3.04. The summed E-state index contributed by atoms with van der Waals surface area (Å²) in [6.07, 6.45) is 7.69. The molecule has 0 aromatic heterocycles. The molecule has 0 bridgehead atoms. The summed E-state index contributed by atoms with van der Waals surface area (Å²) in [5.41, 5.74) is 0. The van der Waals surface area contributed by atoms with E-state index in [4.69, 9.17) is 4.74 Å². The molecule has 3 rings (SSSR count). The number of aliphatic hydroxyl groups excluding tert-OH is 1. The lowest BCUT2D eigenvalue weighted by atomic mass is 9.86. The molecule has 1 aliphatic carbocycles. The molecule has 5 heteroatoms. The van der Waals surface area contributed by atoms with Gasteiger partial charge < -0.3 is 15.2 Å². The molecule has 0 aromatic rings. The summed E-state index contributed by atoms with van der Waals surface area (Å²) in [6.45, 7) is 3.76. The zero-order valence-electron chi connectivity index (χ0n) is 13.5. The van der Waals surface area contributed by atoms with E-state index in [1.807, 2.05) is 0 Å². The van der Waals surface area contributed by atoms with Gasteiger partial charge in [0.05, 0.1) is 12.1 Å². The number of likely N-dealkylation sites (tertiary alicyclic amines) is 1. The van der Waals surface area contributed by atoms with Crippen LogP contribution in [0.25, 0.3) is 0 Å². The summed E-state index contributed by atoms with van der Waals surface area (Å²) in [4.78, 5) is 14.7. The Hall–Kier alpha value is -0.650. The minimum Gasteiger partial charge on any atom is -0.389 e. The Morgan fingerprint density at radius 2 is 1.82 bits per heavy atom. The number of aliphatic hydroxyl groups is 1. The highest BCUT2D eigenvalue weighted by molar-refractivity contribution is 5.76. The molecule has 2 N–H and O–H groups in total. The average molecular weight is 310 g/mol.